The molecule has 0 radical (unpaired) electrons. The lowest BCUT2D eigenvalue weighted by Gasteiger charge is -2.29. The molecule has 1 aromatic carbocycles. The van der Waals surface area contributed by atoms with Gasteiger partial charge in [-0.05, 0) is 133 Å². The number of unbranched alkanes of at least 4 members (excludes halogenated alkanes) is 3. The van der Waals surface area contributed by atoms with Crippen molar-refractivity contribution in [1.29, 1.82) is 0 Å². The monoisotopic (exact) mass is 1180 g/mol. The van der Waals surface area contributed by atoms with Crippen molar-refractivity contribution in [3.05, 3.63) is 54.1 Å². The molecule has 2 rings (SSSR count). The van der Waals surface area contributed by atoms with Gasteiger partial charge in [0.2, 0.25) is 47.3 Å². The van der Waals surface area contributed by atoms with Gasteiger partial charge in [0.05, 0.1) is 12.9 Å². The number of aliphatic hydroxyl groups excluding tert-OH is 1. The van der Waals surface area contributed by atoms with Gasteiger partial charge in [0.15, 0.2) is 0 Å². The van der Waals surface area contributed by atoms with Crippen LogP contribution < -0.4 is 82.3 Å². The fourth-order valence-corrected chi connectivity index (χ4v) is 8.95. The Balaban J connectivity index is 2.47. The van der Waals surface area contributed by atoms with Crippen molar-refractivity contribution in [3.63, 3.8) is 0 Å². The van der Waals surface area contributed by atoms with Crippen LogP contribution in [0.1, 0.15) is 109 Å². The Morgan fingerprint density at radius 3 is 1.40 bits per heavy atom. The van der Waals surface area contributed by atoms with E-state index in [2.05, 4.69) is 57.8 Å². The number of hydrogen-bond acceptors (Lipinski definition) is 19. The number of carbonyl (C=O) groups is 9. The van der Waals surface area contributed by atoms with Gasteiger partial charge in [0.25, 0.3) is 0 Å². The summed E-state index contributed by atoms with van der Waals surface area (Å²) in [6, 6.07) is -2.69. The fourth-order valence-electron chi connectivity index (χ4n) is 8.48. The molecule has 0 saturated carbocycles. The van der Waals surface area contributed by atoms with Crippen LogP contribution in [0, 0.1) is 5.92 Å². The van der Waals surface area contributed by atoms with Crippen LogP contribution in [-0.2, 0) is 56.0 Å². The highest BCUT2D eigenvalue weighted by atomic mass is 32.2. The first-order valence-corrected chi connectivity index (χ1v) is 29.4. The van der Waals surface area contributed by atoms with Crippen LogP contribution in [0.4, 0.5) is 0 Å². The molecule has 0 aliphatic rings. The van der Waals surface area contributed by atoms with Gasteiger partial charge >= 0.3 is 5.97 Å². The van der Waals surface area contributed by atoms with Gasteiger partial charge in [-0.25, -0.2) is 9.78 Å². The van der Waals surface area contributed by atoms with E-state index in [1.54, 1.807) is 30.3 Å². The molecule has 2 aromatic rings. The highest BCUT2D eigenvalue weighted by Gasteiger charge is 2.35. The number of hydrogen-bond donors (Lipinski definition) is 18. The maximum absolute atomic E-state index is 14.5. The second-order valence-corrected chi connectivity index (χ2v) is 21.5. The number of amides is 8. The van der Waals surface area contributed by atoms with Crippen molar-refractivity contribution in [3.8, 4) is 0 Å². The maximum atomic E-state index is 14.5. The summed E-state index contributed by atoms with van der Waals surface area (Å²) in [6.45, 7) is 4.07. The minimum absolute atomic E-state index is 0.00498. The van der Waals surface area contributed by atoms with Crippen molar-refractivity contribution >= 4 is 65.0 Å². The predicted molar refractivity (Wildman–Crippen MR) is 311 cm³/mol. The molecule has 1 heterocycles. The quantitative estimate of drug-likeness (QED) is 0.0224. The normalized spacial score (nSPS) is 14.6. The highest BCUT2D eigenvalue weighted by Crippen LogP contribution is 2.13. The van der Waals surface area contributed by atoms with E-state index in [-0.39, 0.29) is 83.3 Å². The second-order valence-electron chi connectivity index (χ2n) is 20.5. The number of aliphatic carboxylic acids is 1. The minimum Gasteiger partial charge on any atom is -0.480 e. The van der Waals surface area contributed by atoms with Crippen LogP contribution in [0.2, 0.25) is 0 Å². The van der Waals surface area contributed by atoms with E-state index in [0.29, 0.717) is 62.1 Å². The first-order valence-electron chi connectivity index (χ1n) is 28.0. The standard InChI is InChI=1S/C53H93N17O11S/c1-32(2)26-41(49(77)66-39(20-25-82-3)48(76)69-42(27-33-14-5-4-6-15-33)50(78)67-40(52(80)81)18-9-12-23-56)68-46(74)37(17-8-11-22-55)64-45(73)36(16-7-10-21-54)65-51(79)43(28-34-29-60-31-62-34)70-47(75)38(19-13-24-61-53(58)59)63-44(72)35(57)30-71/h4-6,14-15,29,31-32,35-43,53,61,71H,7-13,16-28,30,54-59H2,1-3H3,(H,60,62)(H,63,72)(H,64,73)(H,65,79)(H,66,77)(H,67,78)(H,68,74)(H,69,76)(H,70,75)(H,80,81)/t35-,36-,37-,38-,39-,40-,41-,42-,43-/m0/s1. The Kier molecular flexibility index (Phi) is 35.7. The van der Waals surface area contributed by atoms with Gasteiger partial charge in [-0.2, -0.15) is 11.8 Å². The number of benzene rings is 1. The largest absolute Gasteiger partial charge is 0.480 e. The number of H-pyrrole nitrogens is 1. The van der Waals surface area contributed by atoms with Crippen molar-refractivity contribution in [2.45, 2.75) is 171 Å². The van der Waals surface area contributed by atoms with Gasteiger partial charge in [-0.15, -0.1) is 0 Å². The molecule has 82 heavy (non-hydrogen) atoms. The van der Waals surface area contributed by atoms with E-state index in [0.717, 1.165) is 0 Å². The smallest absolute Gasteiger partial charge is 0.326 e. The number of thioether (sulfide) groups is 1. The van der Waals surface area contributed by atoms with Crippen molar-refractivity contribution < 1.29 is 53.4 Å². The summed E-state index contributed by atoms with van der Waals surface area (Å²) in [5.41, 5.74) is 35.3. The predicted octanol–water partition coefficient (Wildman–Crippen LogP) is -3.77. The molecule has 0 spiro atoms. The zero-order valence-corrected chi connectivity index (χ0v) is 48.4. The summed E-state index contributed by atoms with van der Waals surface area (Å²) < 4.78 is 0. The fraction of sp³-hybridized carbons (Fsp3) is 0.660. The number of carbonyl (C=O) groups excluding carboxylic acids is 8. The van der Waals surface area contributed by atoms with Crippen LogP contribution in [0.5, 0.6) is 0 Å². The van der Waals surface area contributed by atoms with Gasteiger partial charge in [-0.1, -0.05) is 44.2 Å². The number of carboxylic acid groups (broad SMARTS) is 1. The zero-order chi connectivity index (χ0) is 61.0. The molecule has 9 atom stereocenters. The van der Waals surface area contributed by atoms with Crippen LogP contribution >= 0.6 is 11.8 Å². The number of nitrogens with zero attached hydrogens (tertiary/aromatic N) is 1. The van der Waals surface area contributed by atoms with Gasteiger partial charge < -0.3 is 92.1 Å². The Hall–Kier alpha value is -6.31. The van der Waals surface area contributed by atoms with Crippen molar-refractivity contribution in [1.82, 2.24) is 57.8 Å². The molecule has 28 nitrogen and oxygen atoms in total. The highest BCUT2D eigenvalue weighted by molar-refractivity contribution is 7.98. The molecule has 1 aromatic heterocycles. The molecule has 0 unspecified atom stereocenters. The topological polar surface area (TPSA) is 487 Å². The number of aromatic amines is 1. The first-order chi connectivity index (χ1) is 39.2. The number of aliphatic hydroxyl groups is 1. The van der Waals surface area contributed by atoms with E-state index in [9.17, 15) is 53.4 Å². The Labute approximate surface area is 484 Å². The molecule has 24 N–H and O–H groups in total. The molecule has 0 fully saturated rings. The van der Waals surface area contributed by atoms with E-state index < -0.39 is 120 Å². The average Bonchev–Trinajstić information content (AvgIpc) is 4.01. The molecule has 8 amide bonds. The van der Waals surface area contributed by atoms with E-state index in [1.807, 2.05) is 20.1 Å². The molecule has 0 saturated heterocycles. The van der Waals surface area contributed by atoms with Crippen LogP contribution in [0.25, 0.3) is 0 Å². The van der Waals surface area contributed by atoms with Crippen LogP contribution in [0.15, 0.2) is 42.9 Å². The summed E-state index contributed by atoms with van der Waals surface area (Å²) in [6.07, 6.45) is 6.98. The molecule has 0 bridgehead atoms. The number of rotatable bonds is 44. The number of carboxylic acids is 1. The molecular weight excluding hydrogens is 1080 g/mol. The second kappa shape index (κ2) is 40.8. The average molecular weight is 1180 g/mol. The maximum Gasteiger partial charge on any atom is 0.326 e. The van der Waals surface area contributed by atoms with Gasteiger partial charge in [-0.3, -0.25) is 43.7 Å². The molecule has 0 aliphatic carbocycles. The van der Waals surface area contributed by atoms with E-state index >= 15 is 0 Å². The summed E-state index contributed by atoms with van der Waals surface area (Å²) >= 11 is 1.40. The lowest BCUT2D eigenvalue weighted by atomic mass is 10.0. The van der Waals surface area contributed by atoms with E-state index in [4.69, 9.17) is 34.4 Å². The molecule has 0 aliphatic heterocycles. The summed E-state index contributed by atoms with van der Waals surface area (Å²) in [4.78, 5) is 132. The lowest BCUT2D eigenvalue weighted by Crippen LogP contribution is -2.61. The Morgan fingerprint density at radius 2 is 0.963 bits per heavy atom. The van der Waals surface area contributed by atoms with Crippen LogP contribution in [-0.4, -0.2) is 179 Å². The third-order valence-corrected chi connectivity index (χ3v) is 13.7. The Bertz CT molecular complexity index is 2230. The van der Waals surface area contributed by atoms with Crippen molar-refractivity contribution in [2.75, 3.05) is 44.8 Å². The number of aromatic nitrogens is 2. The van der Waals surface area contributed by atoms with Crippen LogP contribution in [0.3, 0.4) is 0 Å². The Morgan fingerprint density at radius 1 is 0.549 bits per heavy atom. The van der Waals surface area contributed by atoms with Crippen molar-refractivity contribution in [2.24, 2.45) is 40.3 Å². The minimum atomic E-state index is -1.37. The zero-order valence-electron chi connectivity index (χ0n) is 47.6. The summed E-state index contributed by atoms with van der Waals surface area (Å²) in [7, 11) is 0. The lowest BCUT2D eigenvalue weighted by molar-refractivity contribution is -0.142. The summed E-state index contributed by atoms with van der Waals surface area (Å²) in [5.74, 6) is -7.16. The number of imidazole rings is 1. The first kappa shape index (κ1) is 71.8. The van der Waals surface area contributed by atoms with Gasteiger partial charge in [0.1, 0.15) is 60.7 Å². The van der Waals surface area contributed by atoms with E-state index in [1.165, 1.54) is 24.3 Å². The molecular formula is C53H93N17O11S. The SMILES string of the molecule is CSCC[C@H](NC(=O)[C@H](CC(C)C)NC(=O)[C@H](CCCCN)NC(=O)[C@H](CCCCN)NC(=O)[C@H](Cc1cnc[nH]1)NC(=O)[C@H](CCCNC(N)N)NC(=O)[C@@H](N)CO)C(=O)N[C@@H](Cc1ccccc1)C(=O)N[C@@H](CCCCN)C(=O)O. The third kappa shape index (κ3) is 28.6. The summed E-state index contributed by atoms with van der Waals surface area (Å²) in [5, 5.41) is 43.8. The molecule has 29 heteroatoms. The number of nitrogens with two attached hydrogens (primary N) is 6. The molecule has 462 valence electrons. The third-order valence-electron chi connectivity index (χ3n) is 13.0. The van der Waals surface area contributed by atoms with Gasteiger partial charge in [0, 0.05) is 24.7 Å². The number of nitrogens with one attached hydrogen (secondary N) is 10.